The summed E-state index contributed by atoms with van der Waals surface area (Å²) in [5.74, 6) is -2.02. The smallest absolute Gasteiger partial charge is 0.375 e. The SMILES string of the molecule is CCOP(=O)(OCC)C(OC(=O)c1nnn(Cc2cnc(Cl)s2)c1C)c1ccccc1. The predicted molar refractivity (Wildman–Crippen MR) is 116 cm³/mol. The second-order valence-corrected chi connectivity index (χ2v) is 10.1. The molecule has 9 nitrogen and oxygen atoms in total. The van der Waals surface area contributed by atoms with E-state index in [0.29, 0.717) is 22.3 Å². The summed E-state index contributed by atoms with van der Waals surface area (Å²) < 4.78 is 31.9. The molecule has 3 rings (SSSR count). The number of benzene rings is 1. The molecule has 1 unspecified atom stereocenters. The van der Waals surface area contributed by atoms with E-state index in [4.69, 9.17) is 25.4 Å². The Morgan fingerprint density at radius 3 is 2.48 bits per heavy atom. The fraction of sp³-hybridized carbons (Fsp3) is 0.368. The molecule has 3 aromatic rings. The Bertz CT molecular complexity index is 1060. The molecule has 0 radical (unpaired) electrons. The average Bonchev–Trinajstić information content (AvgIpc) is 3.32. The number of carbonyl (C=O) groups excluding carboxylic acids is 1. The van der Waals surface area contributed by atoms with Crippen molar-refractivity contribution in [2.75, 3.05) is 13.2 Å². The van der Waals surface area contributed by atoms with E-state index in [0.717, 1.165) is 4.88 Å². The summed E-state index contributed by atoms with van der Waals surface area (Å²) in [4.78, 5) is 17.8. The molecular formula is C19H22ClN4O5PS. The van der Waals surface area contributed by atoms with E-state index in [1.165, 1.54) is 11.3 Å². The van der Waals surface area contributed by atoms with Crippen LogP contribution < -0.4 is 0 Å². The Hall–Kier alpha value is -2.10. The van der Waals surface area contributed by atoms with E-state index in [9.17, 15) is 9.36 Å². The number of ether oxygens (including phenoxy) is 1. The molecule has 2 aromatic heterocycles. The molecular weight excluding hydrogens is 463 g/mol. The lowest BCUT2D eigenvalue weighted by molar-refractivity contribution is 0.0356. The van der Waals surface area contributed by atoms with Crippen molar-refractivity contribution in [3.63, 3.8) is 0 Å². The largest absolute Gasteiger partial charge is 0.440 e. The first-order valence-electron chi connectivity index (χ1n) is 9.53. The van der Waals surface area contributed by atoms with E-state index in [1.807, 2.05) is 0 Å². The van der Waals surface area contributed by atoms with Crippen molar-refractivity contribution < 1.29 is 23.1 Å². The van der Waals surface area contributed by atoms with Gasteiger partial charge in [0, 0.05) is 16.6 Å². The van der Waals surface area contributed by atoms with Crippen LogP contribution >= 0.6 is 30.5 Å². The molecule has 0 amide bonds. The first kappa shape index (κ1) is 23.6. The van der Waals surface area contributed by atoms with Gasteiger partial charge in [-0.1, -0.05) is 47.1 Å². The van der Waals surface area contributed by atoms with Crippen LogP contribution in [0.25, 0.3) is 0 Å². The maximum absolute atomic E-state index is 13.4. The number of hydrogen-bond acceptors (Lipinski definition) is 9. The molecule has 0 aliphatic rings. The van der Waals surface area contributed by atoms with Gasteiger partial charge in [0.15, 0.2) is 10.2 Å². The van der Waals surface area contributed by atoms with Crippen molar-refractivity contribution >= 4 is 36.5 Å². The number of nitrogens with zero attached hydrogens (tertiary/aromatic N) is 4. The molecule has 166 valence electrons. The van der Waals surface area contributed by atoms with Gasteiger partial charge < -0.3 is 13.8 Å². The topological polar surface area (TPSA) is 105 Å². The first-order valence-corrected chi connectivity index (χ1v) is 12.3. The average molecular weight is 485 g/mol. The number of carbonyl (C=O) groups is 1. The van der Waals surface area contributed by atoms with Gasteiger partial charge >= 0.3 is 13.6 Å². The van der Waals surface area contributed by atoms with Crippen LogP contribution in [0.3, 0.4) is 0 Å². The van der Waals surface area contributed by atoms with Crippen LogP contribution in [0.5, 0.6) is 0 Å². The number of halogens is 1. The predicted octanol–water partition coefficient (Wildman–Crippen LogP) is 4.87. The van der Waals surface area contributed by atoms with E-state index < -0.39 is 19.4 Å². The molecule has 0 bridgehead atoms. The third-order valence-corrected chi connectivity index (χ3v) is 7.53. The lowest BCUT2D eigenvalue weighted by Crippen LogP contribution is -2.16. The van der Waals surface area contributed by atoms with Crippen LogP contribution in [0.15, 0.2) is 36.5 Å². The highest BCUT2D eigenvalue weighted by atomic mass is 35.5. The van der Waals surface area contributed by atoms with E-state index in [1.54, 1.807) is 62.0 Å². The lowest BCUT2D eigenvalue weighted by atomic mass is 10.2. The van der Waals surface area contributed by atoms with Crippen molar-refractivity contribution in [3.8, 4) is 0 Å². The number of thiazole rings is 1. The Morgan fingerprint density at radius 2 is 1.90 bits per heavy atom. The summed E-state index contributed by atoms with van der Waals surface area (Å²) in [5, 5.41) is 7.98. The molecule has 0 saturated carbocycles. The molecule has 0 fully saturated rings. The summed E-state index contributed by atoms with van der Waals surface area (Å²) in [5.41, 5.74) is 0.991. The van der Waals surface area contributed by atoms with Gasteiger partial charge in [0.25, 0.3) is 0 Å². The van der Waals surface area contributed by atoms with Crippen molar-refractivity contribution in [2.45, 2.75) is 33.2 Å². The van der Waals surface area contributed by atoms with Gasteiger partial charge in [-0.2, -0.15) is 0 Å². The zero-order valence-corrected chi connectivity index (χ0v) is 19.7. The molecule has 0 saturated heterocycles. The van der Waals surface area contributed by atoms with E-state index in [2.05, 4.69) is 15.3 Å². The van der Waals surface area contributed by atoms with Crippen molar-refractivity contribution in [2.24, 2.45) is 0 Å². The summed E-state index contributed by atoms with van der Waals surface area (Å²) in [6.45, 7) is 5.69. The van der Waals surface area contributed by atoms with Gasteiger partial charge in [-0.15, -0.1) is 16.4 Å². The van der Waals surface area contributed by atoms with Crippen LogP contribution in [0.4, 0.5) is 0 Å². The zero-order chi connectivity index (χ0) is 22.4. The van der Waals surface area contributed by atoms with Crippen LogP contribution in [0, 0.1) is 6.92 Å². The van der Waals surface area contributed by atoms with Crippen LogP contribution in [0.1, 0.15) is 46.3 Å². The Morgan fingerprint density at radius 1 is 1.23 bits per heavy atom. The highest BCUT2D eigenvalue weighted by molar-refractivity contribution is 7.54. The quantitative estimate of drug-likeness (QED) is 0.296. The minimum atomic E-state index is -3.81. The molecule has 1 atom stereocenters. The zero-order valence-electron chi connectivity index (χ0n) is 17.2. The first-order chi connectivity index (χ1) is 14.9. The van der Waals surface area contributed by atoms with Crippen molar-refractivity contribution in [3.05, 3.63) is 62.8 Å². The fourth-order valence-electron chi connectivity index (χ4n) is 2.83. The standard InChI is InChI=1S/C19H22ClN4O5PS/c1-4-27-30(26,28-5-2)18(14-9-7-6-8-10-14)29-17(25)16-13(3)24(23-22-16)12-15-11-21-19(20)31-15/h6-11,18H,4-5,12H2,1-3H3. The third-order valence-electron chi connectivity index (χ3n) is 4.22. The molecule has 1 aromatic carbocycles. The second-order valence-electron chi connectivity index (χ2n) is 6.30. The van der Waals surface area contributed by atoms with Crippen molar-refractivity contribution in [1.29, 1.82) is 0 Å². The molecule has 0 aliphatic carbocycles. The highest BCUT2D eigenvalue weighted by Gasteiger charge is 2.41. The lowest BCUT2D eigenvalue weighted by Gasteiger charge is -2.26. The summed E-state index contributed by atoms with van der Waals surface area (Å²) in [7, 11) is -3.81. The Kier molecular flexibility index (Phi) is 7.96. The van der Waals surface area contributed by atoms with E-state index in [-0.39, 0.29) is 18.9 Å². The monoisotopic (exact) mass is 484 g/mol. The number of hydrogen-bond donors (Lipinski definition) is 0. The summed E-state index contributed by atoms with van der Waals surface area (Å²) >= 11 is 7.18. The Labute approximate surface area is 188 Å². The van der Waals surface area contributed by atoms with E-state index >= 15 is 0 Å². The number of aromatic nitrogens is 4. The maximum Gasteiger partial charge on any atom is 0.375 e. The minimum absolute atomic E-state index is 0.0103. The van der Waals surface area contributed by atoms with Crippen LogP contribution in [-0.4, -0.2) is 39.2 Å². The van der Waals surface area contributed by atoms with Gasteiger partial charge in [-0.3, -0.25) is 4.57 Å². The van der Waals surface area contributed by atoms with Crippen LogP contribution in [0.2, 0.25) is 4.47 Å². The number of rotatable bonds is 10. The molecule has 0 aliphatic heterocycles. The Balaban J connectivity index is 1.88. The van der Waals surface area contributed by atoms with Gasteiger partial charge in [0.1, 0.15) is 0 Å². The highest BCUT2D eigenvalue weighted by Crippen LogP contribution is 2.61. The molecule has 0 spiro atoms. The van der Waals surface area contributed by atoms with Gasteiger partial charge in [-0.25, -0.2) is 14.5 Å². The molecule has 12 heteroatoms. The van der Waals surface area contributed by atoms with Crippen LogP contribution in [-0.2, 0) is 24.9 Å². The van der Waals surface area contributed by atoms with Gasteiger partial charge in [0.05, 0.1) is 25.5 Å². The third kappa shape index (κ3) is 5.58. The fourth-order valence-corrected chi connectivity index (χ4v) is 5.61. The summed E-state index contributed by atoms with van der Waals surface area (Å²) in [6, 6.07) is 8.69. The summed E-state index contributed by atoms with van der Waals surface area (Å²) in [6.07, 6.45) is 1.64. The molecule has 0 N–H and O–H groups in total. The maximum atomic E-state index is 13.4. The van der Waals surface area contributed by atoms with Gasteiger partial charge in [-0.05, 0) is 20.8 Å². The molecule has 31 heavy (non-hydrogen) atoms. The normalized spacial score (nSPS) is 12.6. The molecule has 2 heterocycles. The number of esters is 1. The van der Waals surface area contributed by atoms with Gasteiger partial charge in [0.2, 0.25) is 5.85 Å². The minimum Gasteiger partial charge on any atom is -0.440 e. The van der Waals surface area contributed by atoms with Crippen molar-refractivity contribution in [1.82, 2.24) is 20.0 Å². The second kappa shape index (κ2) is 10.5.